The van der Waals surface area contributed by atoms with Gasteiger partial charge in [0, 0.05) is 11.6 Å². The van der Waals surface area contributed by atoms with E-state index in [1.54, 1.807) is 0 Å². The minimum absolute atomic E-state index is 0.463. The molecular weight excluding hydrogens is 398 g/mol. The SMILES string of the molecule is Cc1c(I)[nH]c(I)c1/C=C/[N+](=O)[O-]. The van der Waals surface area contributed by atoms with E-state index in [0.717, 1.165) is 24.7 Å². The van der Waals surface area contributed by atoms with Gasteiger partial charge in [0.1, 0.15) is 0 Å². The van der Waals surface area contributed by atoms with Crippen LogP contribution in [-0.4, -0.2) is 9.91 Å². The average Bonchev–Trinajstić information content (AvgIpc) is 2.24. The molecule has 0 saturated carbocycles. The quantitative estimate of drug-likeness (QED) is 0.469. The molecule has 1 aromatic heterocycles. The fourth-order valence-electron chi connectivity index (χ4n) is 0.874. The number of aromatic amines is 1. The van der Waals surface area contributed by atoms with Crippen LogP contribution >= 0.6 is 45.2 Å². The lowest BCUT2D eigenvalue weighted by Gasteiger charge is -1.89. The van der Waals surface area contributed by atoms with Gasteiger partial charge in [-0.2, -0.15) is 0 Å². The third-order valence-electron chi connectivity index (χ3n) is 1.55. The molecule has 6 heteroatoms. The van der Waals surface area contributed by atoms with Crippen LogP contribution < -0.4 is 0 Å². The number of H-pyrrole nitrogens is 1. The summed E-state index contributed by atoms with van der Waals surface area (Å²) in [5.74, 6) is 0. The summed E-state index contributed by atoms with van der Waals surface area (Å²) in [4.78, 5) is 12.7. The van der Waals surface area contributed by atoms with Crippen molar-refractivity contribution in [2.24, 2.45) is 0 Å². The van der Waals surface area contributed by atoms with E-state index in [1.165, 1.54) is 6.08 Å². The van der Waals surface area contributed by atoms with Crippen LogP contribution in [0.4, 0.5) is 0 Å². The molecule has 0 radical (unpaired) electrons. The molecule has 0 amide bonds. The first-order valence-electron chi connectivity index (χ1n) is 3.37. The van der Waals surface area contributed by atoms with E-state index in [4.69, 9.17) is 0 Å². The van der Waals surface area contributed by atoms with Gasteiger partial charge in [-0.1, -0.05) is 0 Å². The second-order valence-electron chi connectivity index (χ2n) is 2.39. The Morgan fingerprint density at radius 3 is 2.46 bits per heavy atom. The molecule has 0 spiro atoms. The minimum atomic E-state index is -0.463. The molecule has 0 aliphatic rings. The smallest absolute Gasteiger partial charge is 0.235 e. The second-order valence-corrected chi connectivity index (χ2v) is 4.55. The van der Waals surface area contributed by atoms with Gasteiger partial charge in [-0.25, -0.2) is 0 Å². The largest absolute Gasteiger partial charge is 0.345 e. The van der Waals surface area contributed by atoms with Crippen molar-refractivity contribution in [3.63, 3.8) is 0 Å². The van der Waals surface area contributed by atoms with Crippen molar-refractivity contribution in [2.45, 2.75) is 6.92 Å². The molecule has 0 aliphatic carbocycles. The molecule has 1 heterocycles. The molecule has 1 rings (SSSR count). The van der Waals surface area contributed by atoms with Gasteiger partial charge in [0.2, 0.25) is 6.20 Å². The molecule has 70 valence electrons. The first-order chi connectivity index (χ1) is 6.02. The van der Waals surface area contributed by atoms with Crippen molar-refractivity contribution in [1.29, 1.82) is 0 Å². The van der Waals surface area contributed by atoms with Crippen LogP contribution in [0.2, 0.25) is 0 Å². The van der Waals surface area contributed by atoms with Crippen LogP contribution in [0.15, 0.2) is 6.20 Å². The van der Waals surface area contributed by atoms with Crippen molar-refractivity contribution in [3.05, 3.63) is 34.8 Å². The fourth-order valence-corrected chi connectivity index (χ4v) is 2.80. The van der Waals surface area contributed by atoms with Crippen LogP contribution in [-0.2, 0) is 0 Å². The first-order valence-corrected chi connectivity index (χ1v) is 5.53. The maximum Gasteiger partial charge on any atom is 0.235 e. The van der Waals surface area contributed by atoms with E-state index in [-0.39, 0.29) is 0 Å². The standard InChI is InChI=1S/C7H6I2N2O2/c1-4-5(2-3-11(12)13)7(9)10-6(4)8/h2-3,10H,1H3/b3-2+. The Hall–Kier alpha value is -0.120. The highest BCUT2D eigenvalue weighted by Gasteiger charge is 2.08. The summed E-state index contributed by atoms with van der Waals surface area (Å²) < 4.78 is 1.95. The topological polar surface area (TPSA) is 58.9 Å². The van der Waals surface area contributed by atoms with Gasteiger partial charge < -0.3 is 4.98 Å². The summed E-state index contributed by atoms with van der Waals surface area (Å²) >= 11 is 4.28. The minimum Gasteiger partial charge on any atom is -0.345 e. The van der Waals surface area contributed by atoms with Crippen molar-refractivity contribution < 1.29 is 4.92 Å². The summed E-state index contributed by atoms with van der Waals surface area (Å²) in [6, 6.07) is 0. The van der Waals surface area contributed by atoms with Crippen LogP contribution in [0, 0.1) is 24.4 Å². The number of hydrogen-bond donors (Lipinski definition) is 1. The molecule has 4 nitrogen and oxygen atoms in total. The van der Waals surface area contributed by atoms with Gasteiger partial charge in [-0.3, -0.25) is 10.1 Å². The first kappa shape index (κ1) is 11.0. The Labute approximate surface area is 102 Å². The molecular formula is C7H6I2N2O2. The van der Waals surface area contributed by atoms with Gasteiger partial charge in [0.25, 0.3) is 0 Å². The maximum absolute atomic E-state index is 10.1. The fraction of sp³-hybridized carbons (Fsp3) is 0.143. The Morgan fingerprint density at radius 2 is 2.08 bits per heavy atom. The zero-order valence-electron chi connectivity index (χ0n) is 6.67. The third-order valence-corrected chi connectivity index (χ3v) is 3.48. The summed E-state index contributed by atoms with van der Waals surface area (Å²) in [5, 5.41) is 10.1. The number of aromatic nitrogens is 1. The molecule has 0 unspecified atom stereocenters. The number of rotatable bonds is 2. The van der Waals surface area contributed by atoms with E-state index in [0.29, 0.717) is 0 Å². The lowest BCUT2D eigenvalue weighted by molar-refractivity contribution is -0.400. The second kappa shape index (κ2) is 4.40. The molecule has 0 atom stereocenters. The van der Waals surface area contributed by atoms with Crippen molar-refractivity contribution in [3.8, 4) is 0 Å². The normalized spacial score (nSPS) is 11.0. The molecule has 1 aromatic rings. The number of nitrogens with one attached hydrogen (secondary N) is 1. The van der Waals surface area contributed by atoms with E-state index >= 15 is 0 Å². The Balaban J connectivity index is 3.07. The van der Waals surface area contributed by atoms with Crippen LogP contribution in [0.25, 0.3) is 6.08 Å². The van der Waals surface area contributed by atoms with E-state index in [2.05, 4.69) is 50.2 Å². The summed E-state index contributed by atoms with van der Waals surface area (Å²) in [6.07, 6.45) is 2.46. The lowest BCUT2D eigenvalue weighted by atomic mass is 10.2. The monoisotopic (exact) mass is 404 g/mol. The van der Waals surface area contributed by atoms with Crippen LogP contribution in [0.1, 0.15) is 11.1 Å². The predicted octanol–water partition coefficient (Wildman–Crippen LogP) is 2.78. The summed E-state index contributed by atoms with van der Waals surface area (Å²) in [6.45, 7) is 1.93. The van der Waals surface area contributed by atoms with Gasteiger partial charge in [-0.05, 0) is 57.7 Å². The van der Waals surface area contributed by atoms with E-state index in [9.17, 15) is 10.1 Å². The van der Waals surface area contributed by atoms with Gasteiger partial charge in [-0.15, -0.1) is 0 Å². The summed E-state index contributed by atoms with van der Waals surface area (Å²) in [5.41, 5.74) is 1.94. The number of hydrogen-bond acceptors (Lipinski definition) is 2. The molecule has 0 aliphatic heterocycles. The highest BCUT2D eigenvalue weighted by atomic mass is 127. The molecule has 0 aromatic carbocycles. The van der Waals surface area contributed by atoms with E-state index < -0.39 is 4.92 Å². The molecule has 1 N–H and O–H groups in total. The third kappa shape index (κ3) is 2.66. The van der Waals surface area contributed by atoms with Crippen LogP contribution in [0.5, 0.6) is 0 Å². The zero-order valence-corrected chi connectivity index (χ0v) is 11.0. The highest BCUT2D eigenvalue weighted by Crippen LogP contribution is 2.22. The van der Waals surface area contributed by atoms with Crippen molar-refractivity contribution in [1.82, 2.24) is 4.98 Å². The molecule has 0 bridgehead atoms. The van der Waals surface area contributed by atoms with Crippen LogP contribution in [0.3, 0.4) is 0 Å². The van der Waals surface area contributed by atoms with Crippen molar-refractivity contribution >= 4 is 51.3 Å². The van der Waals surface area contributed by atoms with Gasteiger partial charge in [0.15, 0.2) is 0 Å². The number of nitrogens with zero attached hydrogens (tertiary/aromatic N) is 1. The molecule has 0 fully saturated rings. The Kier molecular flexibility index (Phi) is 3.71. The maximum atomic E-state index is 10.1. The van der Waals surface area contributed by atoms with E-state index in [1.807, 2.05) is 6.92 Å². The van der Waals surface area contributed by atoms with Crippen molar-refractivity contribution in [2.75, 3.05) is 0 Å². The molecule has 13 heavy (non-hydrogen) atoms. The zero-order chi connectivity index (χ0) is 10.0. The number of halogens is 2. The Morgan fingerprint density at radius 1 is 1.46 bits per heavy atom. The molecule has 0 saturated heterocycles. The number of nitro groups is 1. The average molecular weight is 404 g/mol. The Bertz CT molecular complexity index is 371. The van der Waals surface area contributed by atoms with Gasteiger partial charge in [0.05, 0.1) is 12.3 Å². The summed E-state index contributed by atoms with van der Waals surface area (Å²) in [7, 11) is 0. The lowest BCUT2D eigenvalue weighted by Crippen LogP contribution is -1.84. The predicted molar refractivity (Wildman–Crippen MR) is 67.0 cm³/mol. The highest BCUT2D eigenvalue weighted by molar-refractivity contribution is 14.1. The van der Waals surface area contributed by atoms with Gasteiger partial charge >= 0.3 is 0 Å².